The smallest absolute Gasteiger partial charge is 0.265 e. The van der Waals surface area contributed by atoms with E-state index in [0.29, 0.717) is 10.9 Å². The van der Waals surface area contributed by atoms with Gasteiger partial charge in [-0.2, -0.15) is 0 Å². The molecule has 0 saturated carbocycles. The Labute approximate surface area is 132 Å². The molecule has 0 aromatic rings. The van der Waals surface area contributed by atoms with Crippen molar-refractivity contribution in [3.63, 3.8) is 0 Å². The Bertz CT molecular complexity index is 435. The van der Waals surface area contributed by atoms with Crippen LogP contribution in [0.15, 0.2) is 15.7 Å². The van der Waals surface area contributed by atoms with Crippen molar-refractivity contribution in [1.29, 1.82) is 0 Å². The number of piperidine rings is 1. The highest BCUT2D eigenvalue weighted by atomic mass is 35.5. The zero-order valence-electron chi connectivity index (χ0n) is 13.6. The lowest BCUT2D eigenvalue weighted by atomic mass is 10.0. The van der Waals surface area contributed by atoms with Crippen molar-refractivity contribution in [3.05, 3.63) is 10.7 Å². The lowest BCUT2D eigenvalue weighted by molar-refractivity contribution is -0.117. The molecule has 0 unspecified atom stereocenters. The first-order valence-electron chi connectivity index (χ1n) is 7.31. The molecule has 6 heteroatoms. The second kappa shape index (κ2) is 8.51. The molecule has 1 heterocycles. The first kappa shape index (κ1) is 18.1. The third-order valence-corrected chi connectivity index (χ3v) is 4.27. The number of hydrogen-bond donors (Lipinski definition) is 1. The van der Waals surface area contributed by atoms with Gasteiger partial charge in [0, 0.05) is 13.7 Å². The molecule has 5 nitrogen and oxygen atoms in total. The van der Waals surface area contributed by atoms with Gasteiger partial charge in [0.05, 0.1) is 12.1 Å². The number of allylic oxidation sites excluding steroid dienone is 1. The van der Waals surface area contributed by atoms with E-state index in [-0.39, 0.29) is 18.1 Å². The number of hydrogen-bond acceptors (Lipinski definition) is 4. The van der Waals surface area contributed by atoms with Gasteiger partial charge in [0.15, 0.2) is 0 Å². The highest BCUT2D eigenvalue weighted by Crippen LogP contribution is 2.15. The van der Waals surface area contributed by atoms with Crippen LogP contribution in [0.2, 0.25) is 0 Å². The molecule has 1 fully saturated rings. The lowest BCUT2D eigenvalue weighted by Gasteiger charge is -2.36. The average Bonchev–Trinajstić information content (AvgIpc) is 2.47. The number of aliphatic imine (C=N–C) groups is 1. The fraction of sp³-hybridized carbons (Fsp3) is 0.733. The van der Waals surface area contributed by atoms with Gasteiger partial charge in [-0.1, -0.05) is 18.5 Å². The molecular weight excluding hydrogens is 290 g/mol. The van der Waals surface area contributed by atoms with Gasteiger partial charge >= 0.3 is 0 Å². The predicted octanol–water partition coefficient (Wildman–Crippen LogP) is 2.16. The zero-order chi connectivity index (χ0) is 16.0. The predicted molar refractivity (Wildman–Crippen MR) is 86.8 cm³/mol. The zero-order valence-corrected chi connectivity index (χ0v) is 14.3. The fourth-order valence-electron chi connectivity index (χ4n) is 2.19. The van der Waals surface area contributed by atoms with Gasteiger partial charge in [-0.25, -0.2) is 4.99 Å². The van der Waals surface area contributed by atoms with Crippen LogP contribution in [-0.2, 0) is 9.53 Å². The van der Waals surface area contributed by atoms with Gasteiger partial charge in [0.25, 0.3) is 5.91 Å². The number of halogens is 1. The highest BCUT2D eigenvalue weighted by molar-refractivity contribution is 6.40. The minimum absolute atomic E-state index is 0.00360. The molecule has 0 spiro atoms. The summed E-state index contributed by atoms with van der Waals surface area (Å²) >= 11 is 6.07. The molecule has 1 N–H and O–H groups in total. The summed E-state index contributed by atoms with van der Waals surface area (Å²) in [5, 5.41) is 3.40. The van der Waals surface area contributed by atoms with Crippen LogP contribution >= 0.6 is 11.6 Å². The van der Waals surface area contributed by atoms with E-state index in [9.17, 15) is 4.79 Å². The van der Waals surface area contributed by atoms with E-state index < -0.39 is 0 Å². The van der Waals surface area contributed by atoms with Gasteiger partial charge in [0.2, 0.25) is 0 Å². The Hall–Kier alpha value is -0.910. The molecule has 1 aliphatic heterocycles. The van der Waals surface area contributed by atoms with E-state index in [1.807, 2.05) is 13.8 Å². The van der Waals surface area contributed by atoms with Gasteiger partial charge in [0.1, 0.15) is 10.9 Å². The Morgan fingerprint density at radius 1 is 1.48 bits per heavy atom. The van der Waals surface area contributed by atoms with Crippen molar-refractivity contribution < 1.29 is 9.53 Å². The van der Waals surface area contributed by atoms with Crippen LogP contribution in [0.5, 0.6) is 0 Å². The molecular formula is C15H26ClN3O2. The molecule has 1 rings (SSSR count). The van der Waals surface area contributed by atoms with E-state index in [0.717, 1.165) is 31.5 Å². The molecule has 120 valence electrons. The van der Waals surface area contributed by atoms with Crippen LogP contribution in [0.4, 0.5) is 0 Å². The van der Waals surface area contributed by atoms with Gasteiger partial charge in [-0.05, 0) is 45.9 Å². The molecule has 21 heavy (non-hydrogen) atoms. The Morgan fingerprint density at radius 2 is 2.14 bits per heavy atom. The van der Waals surface area contributed by atoms with Gasteiger partial charge in [-0.3, -0.25) is 4.79 Å². The Morgan fingerprint density at radius 3 is 2.71 bits per heavy atom. The number of likely N-dealkylation sites (tertiary alicyclic amines) is 1. The van der Waals surface area contributed by atoms with E-state index in [1.54, 1.807) is 14.0 Å². The summed E-state index contributed by atoms with van der Waals surface area (Å²) in [5.74, 6) is -0.186. The number of carbonyl (C=O) groups excluding carboxylic acids is 1. The summed E-state index contributed by atoms with van der Waals surface area (Å²) in [6, 6.07) is 0.0128. The quantitative estimate of drug-likeness (QED) is 0.625. The minimum atomic E-state index is -0.186. The number of amides is 1. The van der Waals surface area contributed by atoms with E-state index in [1.165, 1.54) is 0 Å². The van der Waals surface area contributed by atoms with Gasteiger partial charge in [-0.15, -0.1) is 0 Å². The largest absolute Gasteiger partial charge is 0.378 e. The van der Waals surface area contributed by atoms with Crippen LogP contribution in [0.3, 0.4) is 0 Å². The Balaban J connectivity index is 2.69. The first-order valence-corrected chi connectivity index (χ1v) is 7.69. The van der Waals surface area contributed by atoms with Crippen molar-refractivity contribution in [2.75, 3.05) is 27.2 Å². The summed E-state index contributed by atoms with van der Waals surface area (Å²) < 4.78 is 5.46. The maximum absolute atomic E-state index is 12.2. The van der Waals surface area contributed by atoms with Crippen molar-refractivity contribution in [2.45, 2.75) is 45.8 Å². The number of nitrogens with one attached hydrogen (secondary N) is 1. The van der Waals surface area contributed by atoms with Crippen LogP contribution in [0.1, 0.15) is 33.6 Å². The monoisotopic (exact) mass is 315 g/mol. The molecule has 0 aromatic heterocycles. The fourth-order valence-corrected chi connectivity index (χ4v) is 2.45. The average molecular weight is 316 g/mol. The summed E-state index contributed by atoms with van der Waals surface area (Å²) in [5.41, 5.74) is 1.35. The van der Waals surface area contributed by atoms with E-state index in [2.05, 4.69) is 22.3 Å². The third-order valence-electron chi connectivity index (χ3n) is 3.86. The number of likely N-dealkylation sites (N-methyl/N-ethyl adjacent to an activating group) is 1. The highest BCUT2D eigenvalue weighted by Gasteiger charge is 2.29. The van der Waals surface area contributed by atoms with Crippen LogP contribution in [0, 0.1) is 0 Å². The minimum Gasteiger partial charge on any atom is -0.378 e. The standard InChI is InChI=1S/C15H26ClN3O2/c1-6-10(2)14(16)17-11(3)15(20)18-12-7-8-19(4)9-13(12)21-5/h12-13H,6-9H2,1-5H3,(H,18,20)/b14-10+,17-11+/t12-,13+/m1/s1. The van der Waals surface area contributed by atoms with Gasteiger partial charge < -0.3 is 15.0 Å². The normalized spacial score (nSPS) is 25.5. The van der Waals surface area contributed by atoms with Crippen LogP contribution in [-0.4, -0.2) is 55.9 Å². The molecule has 1 aliphatic rings. The molecule has 0 bridgehead atoms. The number of rotatable bonds is 5. The van der Waals surface area contributed by atoms with E-state index >= 15 is 0 Å². The summed E-state index contributed by atoms with van der Waals surface area (Å²) in [6.07, 6.45) is 1.69. The molecule has 0 aromatic carbocycles. The van der Waals surface area contributed by atoms with Crippen LogP contribution < -0.4 is 5.32 Å². The number of methoxy groups -OCH3 is 1. The second-order valence-corrected chi connectivity index (χ2v) is 5.88. The molecule has 0 aliphatic carbocycles. The first-order chi connectivity index (χ1) is 9.88. The summed E-state index contributed by atoms with van der Waals surface area (Å²) in [6.45, 7) is 7.35. The SMILES string of the molecule is CC/C(C)=C(Cl)/N=C(\C)C(=O)N[C@@H]1CCN(C)C[C@@H]1OC. The summed E-state index contributed by atoms with van der Waals surface area (Å²) in [4.78, 5) is 18.6. The van der Waals surface area contributed by atoms with Crippen molar-refractivity contribution in [2.24, 2.45) is 4.99 Å². The van der Waals surface area contributed by atoms with Crippen molar-refractivity contribution in [3.8, 4) is 0 Å². The number of nitrogens with zero attached hydrogens (tertiary/aromatic N) is 2. The molecule has 1 saturated heterocycles. The van der Waals surface area contributed by atoms with E-state index in [4.69, 9.17) is 16.3 Å². The Kier molecular flexibility index (Phi) is 7.35. The van der Waals surface area contributed by atoms with Crippen molar-refractivity contribution in [1.82, 2.24) is 10.2 Å². The number of carbonyl (C=O) groups is 1. The third kappa shape index (κ3) is 5.41. The second-order valence-electron chi connectivity index (χ2n) is 5.53. The molecule has 1 amide bonds. The molecule has 0 radical (unpaired) electrons. The lowest BCUT2D eigenvalue weighted by Crippen LogP contribution is -2.54. The summed E-state index contributed by atoms with van der Waals surface area (Å²) in [7, 11) is 3.73. The topological polar surface area (TPSA) is 53.9 Å². The van der Waals surface area contributed by atoms with Crippen LogP contribution in [0.25, 0.3) is 0 Å². The maximum atomic E-state index is 12.2. The maximum Gasteiger partial charge on any atom is 0.265 e. The number of ether oxygens (including phenoxy) is 1. The molecule has 2 atom stereocenters. The van der Waals surface area contributed by atoms with Crippen molar-refractivity contribution >= 4 is 23.2 Å².